The van der Waals surface area contributed by atoms with Crippen molar-refractivity contribution in [3.63, 3.8) is 0 Å². The van der Waals surface area contributed by atoms with Gasteiger partial charge >= 0.3 is 5.63 Å². The van der Waals surface area contributed by atoms with E-state index in [2.05, 4.69) is 21.7 Å². The lowest BCUT2D eigenvalue weighted by atomic mass is 10.0. The Bertz CT molecular complexity index is 1300. The molecule has 0 radical (unpaired) electrons. The molecular weight excluding hydrogens is 312 g/mol. The van der Waals surface area contributed by atoms with E-state index in [4.69, 9.17) is 4.42 Å². The van der Waals surface area contributed by atoms with E-state index < -0.39 is 0 Å². The molecule has 0 fully saturated rings. The molecule has 3 aromatic carbocycles. The average molecular weight is 326 g/mol. The van der Waals surface area contributed by atoms with Crippen LogP contribution < -0.4 is 5.63 Å². The van der Waals surface area contributed by atoms with Crippen LogP contribution in [-0.4, -0.2) is 9.55 Å². The predicted molar refractivity (Wildman–Crippen MR) is 98.8 cm³/mol. The zero-order valence-electron chi connectivity index (χ0n) is 13.3. The van der Waals surface area contributed by atoms with Crippen LogP contribution in [-0.2, 0) is 6.54 Å². The first-order valence-electron chi connectivity index (χ1n) is 8.14. The first-order chi connectivity index (χ1) is 12.3. The van der Waals surface area contributed by atoms with Gasteiger partial charge in [-0.25, -0.2) is 9.78 Å². The van der Waals surface area contributed by atoms with Crippen molar-refractivity contribution in [3.8, 4) is 0 Å². The Morgan fingerprint density at radius 1 is 0.960 bits per heavy atom. The molecule has 0 saturated heterocycles. The lowest BCUT2D eigenvalue weighted by Gasteiger charge is -2.10. The fourth-order valence-corrected chi connectivity index (χ4v) is 3.46. The van der Waals surface area contributed by atoms with E-state index >= 15 is 0 Å². The number of hydrogen-bond acceptors (Lipinski definition) is 3. The van der Waals surface area contributed by atoms with E-state index in [1.165, 1.54) is 0 Å². The first kappa shape index (κ1) is 14.0. The number of nitrogens with zero attached hydrogens (tertiary/aromatic N) is 2. The molecule has 0 saturated carbocycles. The molecule has 4 heteroatoms. The Morgan fingerprint density at radius 2 is 1.80 bits per heavy atom. The predicted octanol–water partition coefficient (Wildman–Crippen LogP) is 4.34. The Morgan fingerprint density at radius 3 is 2.76 bits per heavy atom. The maximum absolute atomic E-state index is 12.0. The van der Waals surface area contributed by atoms with Gasteiger partial charge in [-0.1, -0.05) is 42.5 Å². The number of rotatable bonds is 2. The zero-order valence-corrected chi connectivity index (χ0v) is 13.3. The highest BCUT2D eigenvalue weighted by molar-refractivity contribution is 6.07. The minimum atomic E-state index is -0.331. The maximum atomic E-state index is 12.0. The van der Waals surface area contributed by atoms with Gasteiger partial charge in [-0.2, -0.15) is 0 Å². The van der Waals surface area contributed by atoms with E-state index in [0.29, 0.717) is 12.1 Å². The number of imidazole rings is 1. The van der Waals surface area contributed by atoms with E-state index in [-0.39, 0.29) is 5.63 Å². The highest BCUT2D eigenvalue weighted by atomic mass is 16.4. The quantitative estimate of drug-likeness (QED) is 0.358. The van der Waals surface area contributed by atoms with E-state index in [1.807, 2.05) is 54.9 Å². The summed E-state index contributed by atoms with van der Waals surface area (Å²) in [6.07, 6.45) is 1.82. The van der Waals surface area contributed by atoms with Gasteiger partial charge in [-0.15, -0.1) is 0 Å². The molecule has 0 N–H and O–H groups in total. The summed E-state index contributed by atoms with van der Waals surface area (Å²) < 4.78 is 7.50. The van der Waals surface area contributed by atoms with E-state index in [9.17, 15) is 4.79 Å². The molecule has 120 valence electrons. The molecule has 0 bridgehead atoms. The molecule has 0 aliphatic heterocycles. The van der Waals surface area contributed by atoms with Crippen molar-refractivity contribution >= 4 is 32.8 Å². The molecule has 0 aliphatic rings. The number of hydrogen-bond donors (Lipinski definition) is 0. The fraction of sp³-hybridized carbons (Fsp3) is 0.0476. The molecule has 2 aromatic heterocycles. The lowest BCUT2D eigenvalue weighted by molar-refractivity contribution is 0.558. The van der Waals surface area contributed by atoms with Crippen molar-refractivity contribution in [1.82, 2.24) is 9.55 Å². The molecular formula is C21H14N2O2. The number of benzene rings is 3. The Labute approximate surface area is 143 Å². The second-order valence-corrected chi connectivity index (χ2v) is 6.11. The third kappa shape index (κ3) is 2.22. The van der Waals surface area contributed by atoms with Crippen molar-refractivity contribution < 1.29 is 4.42 Å². The van der Waals surface area contributed by atoms with Gasteiger partial charge in [0, 0.05) is 11.5 Å². The van der Waals surface area contributed by atoms with Crippen LogP contribution >= 0.6 is 0 Å². The standard InChI is InChI=1S/C21H14N2O2/c24-20-11-15(12-23-13-22-17-7-3-4-8-18(17)23)21-16-6-2-1-5-14(16)9-10-19(21)25-20/h1-11,13H,12H2. The average Bonchev–Trinajstić information content (AvgIpc) is 3.04. The van der Waals surface area contributed by atoms with Crippen molar-refractivity contribution in [3.05, 3.63) is 89.0 Å². The minimum Gasteiger partial charge on any atom is -0.423 e. The van der Waals surface area contributed by atoms with Crippen molar-refractivity contribution in [1.29, 1.82) is 0 Å². The highest BCUT2D eigenvalue weighted by Gasteiger charge is 2.11. The maximum Gasteiger partial charge on any atom is 0.336 e. The minimum absolute atomic E-state index is 0.331. The van der Waals surface area contributed by atoms with Crippen LogP contribution in [0.4, 0.5) is 0 Å². The molecule has 5 rings (SSSR count). The van der Waals surface area contributed by atoms with Crippen LogP contribution in [0.2, 0.25) is 0 Å². The summed E-state index contributed by atoms with van der Waals surface area (Å²) in [5, 5.41) is 3.19. The number of para-hydroxylation sites is 2. The summed E-state index contributed by atoms with van der Waals surface area (Å²) in [6.45, 7) is 0.566. The Kier molecular flexibility index (Phi) is 2.97. The third-order valence-electron chi connectivity index (χ3n) is 4.58. The molecule has 0 aliphatic carbocycles. The SMILES string of the molecule is O=c1cc(Cn2cnc3ccccc32)c2c(ccc3ccccc32)o1. The normalized spacial score (nSPS) is 11.5. The number of fused-ring (bicyclic) bond motifs is 4. The molecule has 0 atom stereocenters. The summed E-state index contributed by atoms with van der Waals surface area (Å²) >= 11 is 0. The summed E-state index contributed by atoms with van der Waals surface area (Å²) in [4.78, 5) is 16.5. The van der Waals surface area contributed by atoms with Gasteiger partial charge in [0.15, 0.2) is 0 Å². The molecule has 2 heterocycles. The summed E-state index contributed by atoms with van der Waals surface area (Å²) in [7, 11) is 0. The van der Waals surface area contributed by atoms with Crippen molar-refractivity contribution in [2.75, 3.05) is 0 Å². The Hall–Kier alpha value is -3.40. The van der Waals surface area contributed by atoms with E-state index in [0.717, 1.165) is 32.8 Å². The van der Waals surface area contributed by atoms with Crippen LogP contribution in [0.15, 0.2) is 82.3 Å². The van der Waals surface area contributed by atoms with E-state index in [1.54, 1.807) is 6.07 Å². The van der Waals surface area contributed by atoms with Crippen molar-refractivity contribution in [2.24, 2.45) is 0 Å². The first-order valence-corrected chi connectivity index (χ1v) is 8.14. The van der Waals surface area contributed by atoms with Gasteiger partial charge in [-0.3, -0.25) is 0 Å². The molecule has 5 aromatic rings. The molecule has 25 heavy (non-hydrogen) atoms. The van der Waals surface area contributed by atoms with Gasteiger partial charge < -0.3 is 8.98 Å². The summed E-state index contributed by atoms with van der Waals surface area (Å²) in [5.41, 5.74) is 3.21. The molecule has 0 unspecified atom stereocenters. The lowest BCUT2D eigenvalue weighted by Crippen LogP contribution is -2.05. The Balaban J connectivity index is 1.80. The topological polar surface area (TPSA) is 48.0 Å². The smallest absolute Gasteiger partial charge is 0.336 e. The summed E-state index contributed by atoms with van der Waals surface area (Å²) in [6, 6.07) is 21.6. The van der Waals surface area contributed by atoms with Crippen molar-refractivity contribution in [2.45, 2.75) is 6.54 Å². The highest BCUT2D eigenvalue weighted by Crippen LogP contribution is 2.28. The van der Waals surface area contributed by atoms with Crippen LogP contribution in [0, 0.1) is 0 Å². The monoisotopic (exact) mass is 326 g/mol. The van der Waals surface area contributed by atoms with Gasteiger partial charge in [0.2, 0.25) is 0 Å². The molecule has 0 spiro atoms. The second kappa shape index (κ2) is 5.31. The van der Waals surface area contributed by atoms with Crippen LogP contribution in [0.3, 0.4) is 0 Å². The fourth-order valence-electron chi connectivity index (χ4n) is 3.46. The van der Waals surface area contributed by atoms with Crippen LogP contribution in [0.5, 0.6) is 0 Å². The van der Waals surface area contributed by atoms with Gasteiger partial charge in [-0.05, 0) is 34.5 Å². The molecule has 0 amide bonds. The molecule has 4 nitrogen and oxygen atoms in total. The van der Waals surface area contributed by atoms with Crippen LogP contribution in [0.1, 0.15) is 5.56 Å². The van der Waals surface area contributed by atoms with Gasteiger partial charge in [0.1, 0.15) is 5.58 Å². The largest absolute Gasteiger partial charge is 0.423 e. The second-order valence-electron chi connectivity index (χ2n) is 6.11. The third-order valence-corrected chi connectivity index (χ3v) is 4.58. The van der Waals surface area contributed by atoms with Gasteiger partial charge in [0.25, 0.3) is 0 Å². The zero-order chi connectivity index (χ0) is 16.8. The number of aromatic nitrogens is 2. The van der Waals surface area contributed by atoms with Crippen LogP contribution in [0.25, 0.3) is 32.8 Å². The summed E-state index contributed by atoms with van der Waals surface area (Å²) in [5.74, 6) is 0. The van der Waals surface area contributed by atoms with Gasteiger partial charge in [0.05, 0.1) is 23.9 Å².